The first kappa shape index (κ1) is 47.0. The van der Waals surface area contributed by atoms with Gasteiger partial charge in [0.1, 0.15) is 24.4 Å². The number of hydrogen-bond acceptors (Lipinski definition) is 11. The van der Waals surface area contributed by atoms with Crippen LogP contribution in [0.5, 0.6) is 0 Å². The highest BCUT2D eigenvalue weighted by molar-refractivity contribution is 7.98. The summed E-state index contributed by atoms with van der Waals surface area (Å²) in [5.41, 5.74) is 15.7. The van der Waals surface area contributed by atoms with Crippen LogP contribution in [-0.4, -0.2) is 121 Å². The highest BCUT2D eigenvalue weighted by Gasteiger charge is 2.26. The Balaban J connectivity index is 5.18. The first-order valence-electron chi connectivity index (χ1n) is 16.9. The number of aldehydes is 1. The van der Waals surface area contributed by atoms with Gasteiger partial charge < -0.3 is 59.0 Å². The van der Waals surface area contributed by atoms with Gasteiger partial charge in [-0.25, -0.2) is 0 Å². The van der Waals surface area contributed by atoms with Gasteiger partial charge in [0.2, 0.25) is 41.4 Å². The van der Waals surface area contributed by atoms with E-state index in [9.17, 15) is 43.2 Å². The summed E-state index contributed by atoms with van der Waals surface area (Å²) < 4.78 is 0. The number of carboxylic acid groups (broad SMARTS) is 1. The van der Waals surface area contributed by atoms with Crippen LogP contribution >= 0.6 is 11.8 Å². The van der Waals surface area contributed by atoms with E-state index >= 15 is 0 Å². The Kier molecular flexibility index (Phi) is 26.0. The number of unbranched alkanes of at least 4 members (excludes halogenated alkanes) is 5. The molecule has 0 aliphatic carbocycles. The first-order valence-corrected chi connectivity index (χ1v) is 18.3. The zero-order valence-electron chi connectivity index (χ0n) is 29.5. The largest absolute Gasteiger partial charge is 0.481 e. The maximum absolute atomic E-state index is 13.0. The lowest BCUT2D eigenvalue weighted by atomic mass is 10.1. The molecular formula is C31H54N10O10S. The summed E-state index contributed by atoms with van der Waals surface area (Å²) in [6.07, 6.45) is 6.88. The first-order chi connectivity index (χ1) is 24.7. The molecule has 52 heavy (non-hydrogen) atoms. The van der Waals surface area contributed by atoms with Crippen LogP contribution in [0.15, 0.2) is 4.99 Å². The predicted octanol–water partition coefficient (Wildman–Crippen LogP) is -3.12. The number of rotatable bonds is 30. The summed E-state index contributed by atoms with van der Waals surface area (Å²) in [5, 5.41) is 23.6. The van der Waals surface area contributed by atoms with Crippen LogP contribution in [0.1, 0.15) is 77.0 Å². The lowest BCUT2D eigenvalue weighted by molar-refractivity contribution is -0.138. The van der Waals surface area contributed by atoms with Crippen LogP contribution in [0.25, 0.3) is 0 Å². The molecule has 0 heterocycles. The predicted molar refractivity (Wildman–Crippen MR) is 192 cm³/mol. The van der Waals surface area contributed by atoms with Crippen molar-refractivity contribution in [2.24, 2.45) is 22.2 Å². The Morgan fingerprint density at radius 3 is 1.67 bits per heavy atom. The van der Waals surface area contributed by atoms with Gasteiger partial charge in [0.25, 0.3) is 0 Å². The molecule has 0 radical (unpaired) electrons. The zero-order valence-corrected chi connectivity index (χ0v) is 30.4. The van der Waals surface area contributed by atoms with Crippen molar-refractivity contribution in [3.05, 3.63) is 0 Å². The molecule has 0 fully saturated rings. The van der Waals surface area contributed by atoms with Crippen LogP contribution < -0.4 is 49.1 Å². The molecule has 20 nitrogen and oxygen atoms in total. The second-order valence-corrected chi connectivity index (χ2v) is 12.6. The second-order valence-electron chi connectivity index (χ2n) is 11.6. The number of aliphatic imine (C=N–C) groups is 1. The van der Waals surface area contributed by atoms with E-state index in [1.165, 1.54) is 11.8 Å². The van der Waals surface area contributed by atoms with Crippen molar-refractivity contribution in [2.45, 2.75) is 95.2 Å². The normalized spacial score (nSPS) is 12.2. The Labute approximate surface area is 306 Å². The third kappa shape index (κ3) is 25.1. The number of carboxylic acids is 1. The minimum atomic E-state index is -1.22. The topological polar surface area (TPSA) is 336 Å². The summed E-state index contributed by atoms with van der Waals surface area (Å²) in [4.78, 5) is 113. The molecule has 0 aromatic rings. The molecule has 0 aliphatic heterocycles. The van der Waals surface area contributed by atoms with Crippen molar-refractivity contribution in [2.75, 3.05) is 38.2 Å². The average Bonchev–Trinajstić information content (AvgIpc) is 3.09. The standard InChI is InChI=1S/C31H54N10O10S/c1-52-16-13-22(30(51)38-18-25(45)40-20(9-8-14-35-31(33)34)28(49)36-17-23(32)43)41-26(46)19-37-29(50)21(11-12-27(47)48)39-24(44)10-6-4-2-3-5-7-15-42/h15,20-22H,2-14,16-19H2,1H3,(H2,32,43)(H,36,49)(H,37,50)(H,38,51)(H,39,44)(H,40,45)(H,41,46)(H,47,48)(H4,33,34,35). The van der Waals surface area contributed by atoms with Gasteiger partial charge in [-0.3, -0.25) is 43.3 Å². The van der Waals surface area contributed by atoms with E-state index in [0.29, 0.717) is 18.6 Å². The monoisotopic (exact) mass is 758 g/mol. The van der Waals surface area contributed by atoms with Gasteiger partial charge in [-0.1, -0.05) is 19.3 Å². The van der Waals surface area contributed by atoms with Gasteiger partial charge in [0, 0.05) is 25.8 Å². The molecule has 0 saturated heterocycles. The fourth-order valence-electron chi connectivity index (χ4n) is 4.49. The van der Waals surface area contributed by atoms with Gasteiger partial charge in [-0.15, -0.1) is 0 Å². The summed E-state index contributed by atoms with van der Waals surface area (Å²) in [7, 11) is 0. The molecule has 0 aliphatic rings. The molecular weight excluding hydrogens is 704 g/mol. The molecule has 0 saturated carbocycles. The van der Waals surface area contributed by atoms with Crippen molar-refractivity contribution in [1.82, 2.24) is 31.9 Å². The van der Waals surface area contributed by atoms with Crippen molar-refractivity contribution in [1.29, 1.82) is 0 Å². The third-order valence-corrected chi connectivity index (χ3v) is 7.81. The fraction of sp³-hybridized carbons (Fsp3) is 0.677. The van der Waals surface area contributed by atoms with Crippen molar-refractivity contribution >= 4 is 71.3 Å². The highest BCUT2D eigenvalue weighted by atomic mass is 32.2. The number of carbonyl (C=O) groups excluding carboxylic acids is 8. The average molecular weight is 759 g/mol. The maximum atomic E-state index is 13.0. The Morgan fingerprint density at radius 2 is 1.15 bits per heavy atom. The SMILES string of the molecule is CSCCC(NC(=O)CNC(=O)C(CCC(=O)O)NC(=O)CCCCCCCC=O)C(=O)NCC(=O)NC(CCCN=C(N)N)C(=O)NCC(N)=O. The molecule has 0 rings (SSSR count). The molecule has 7 amide bonds. The van der Waals surface area contributed by atoms with E-state index in [1.54, 1.807) is 6.26 Å². The Morgan fingerprint density at radius 1 is 0.654 bits per heavy atom. The number of guanidine groups is 1. The van der Waals surface area contributed by atoms with E-state index in [0.717, 1.165) is 32.0 Å². The molecule has 0 aromatic carbocycles. The second kappa shape index (κ2) is 28.7. The number of hydrogen-bond donors (Lipinski definition) is 10. The number of nitrogens with zero attached hydrogens (tertiary/aromatic N) is 1. The maximum Gasteiger partial charge on any atom is 0.303 e. The highest BCUT2D eigenvalue weighted by Crippen LogP contribution is 2.08. The van der Waals surface area contributed by atoms with Crippen molar-refractivity contribution in [3.63, 3.8) is 0 Å². The zero-order chi connectivity index (χ0) is 39.3. The molecule has 3 unspecified atom stereocenters. The summed E-state index contributed by atoms with van der Waals surface area (Å²) in [5.74, 6) is -5.85. The van der Waals surface area contributed by atoms with Crippen LogP contribution in [0.4, 0.5) is 0 Å². The molecule has 294 valence electrons. The van der Waals surface area contributed by atoms with Crippen LogP contribution in [0, 0.1) is 0 Å². The van der Waals surface area contributed by atoms with E-state index < -0.39 is 91.5 Å². The number of nitrogens with one attached hydrogen (secondary N) is 6. The van der Waals surface area contributed by atoms with E-state index in [-0.39, 0.29) is 44.6 Å². The van der Waals surface area contributed by atoms with E-state index in [1.807, 2.05) is 0 Å². The van der Waals surface area contributed by atoms with Crippen molar-refractivity contribution < 1.29 is 48.3 Å². The van der Waals surface area contributed by atoms with Gasteiger partial charge in [0.15, 0.2) is 5.96 Å². The quantitative estimate of drug-likeness (QED) is 0.0150. The summed E-state index contributed by atoms with van der Waals surface area (Å²) in [6.45, 7) is -1.46. The van der Waals surface area contributed by atoms with Crippen LogP contribution in [0.2, 0.25) is 0 Å². The number of nitrogens with two attached hydrogens (primary N) is 3. The number of aliphatic carboxylic acids is 1. The fourth-order valence-corrected chi connectivity index (χ4v) is 4.96. The van der Waals surface area contributed by atoms with E-state index in [2.05, 4.69) is 36.9 Å². The van der Waals surface area contributed by atoms with Gasteiger partial charge in [-0.05, 0) is 50.5 Å². The van der Waals surface area contributed by atoms with E-state index in [4.69, 9.17) is 22.3 Å². The smallest absolute Gasteiger partial charge is 0.303 e. The lowest BCUT2D eigenvalue weighted by Crippen LogP contribution is -2.54. The minimum absolute atomic E-state index is 0.0876. The molecule has 0 spiro atoms. The summed E-state index contributed by atoms with van der Waals surface area (Å²) >= 11 is 1.39. The van der Waals surface area contributed by atoms with Crippen molar-refractivity contribution in [3.8, 4) is 0 Å². The molecule has 0 bridgehead atoms. The number of amides is 7. The molecule has 3 atom stereocenters. The lowest BCUT2D eigenvalue weighted by Gasteiger charge is -2.21. The minimum Gasteiger partial charge on any atom is -0.481 e. The Hall–Kier alpha value is -4.95. The number of primary amides is 1. The van der Waals surface area contributed by atoms with Crippen LogP contribution in [0.3, 0.4) is 0 Å². The molecule has 13 N–H and O–H groups in total. The number of thioether (sulfide) groups is 1. The molecule has 21 heteroatoms. The van der Waals surface area contributed by atoms with Gasteiger partial charge in [-0.2, -0.15) is 11.8 Å². The third-order valence-electron chi connectivity index (χ3n) is 7.17. The Bertz CT molecular complexity index is 1230. The summed E-state index contributed by atoms with van der Waals surface area (Å²) in [6, 6.07) is -3.44. The van der Waals surface area contributed by atoms with Crippen LogP contribution in [-0.2, 0) is 43.2 Å². The number of carbonyl (C=O) groups is 9. The van der Waals surface area contributed by atoms with Gasteiger partial charge in [0.05, 0.1) is 19.6 Å². The van der Waals surface area contributed by atoms with Gasteiger partial charge >= 0.3 is 5.97 Å². The molecule has 0 aromatic heterocycles.